The van der Waals surface area contributed by atoms with Crippen LogP contribution in [0.3, 0.4) is 0 Å². The Bertz CT molecular complexity index is 541. The first kappa shape index (κ1) is 12.4. The standard InChI is InChI=1S/C13H16BrN3S/c1-17-13(10(14)7-16-17)12(15)9-3-2-4-11-8(9)5-6-18-11/h5-7,9,12H,2-4,15H2,1H3. The first-order chi connectivity index (χ1) is 8.68. The molecule has 2 unspecified atom stereocenters. The Kier molecular flexibility index (Phi) is 3.30. The SMILES string of the molecule is Cn1ncc(Br)c1C(N)C1CCCc2sccc21. The van der Waals surface area contributed by atoms with E-state index in [0.29, 0.717) is 5.92 Å². The van der Waals surface area contributed by atoms with Gasteiger partial charge < -0.3 is 5.73 Å². The highest BCUT2D eigenvalue weighted by atomic mass is 79.9. The predicted molar refractivity (Wildman–Crippen MR) is 77.8 cm³/mol. The molecule has 2 aromatic rings. The number of hydrogen-bond donors (Lipinski definition) is 1. The van der Waals surface area contributed by atoms with Gasteiger partial charge in [0.1, 0.15) is 0 Å². The number of halogens is 1. The quantitative estimate of drug-likeness (QED) is 0.920. The van der Waals surface area contributed by atoms with Gasteiger partial charge in [0.15, 0.2) is 0 Å². The van der Waals surface area contributed by atoms with Crippen LogP contribution < -0.4 is 5.73 Å². The molecule has 0 amide bonds. The van der Waals surface area contributed by atoms with Crippen molar-refractivity contribution in [3.05, 3.63) is 38.3 Å². The number of fused-ring (bicyclic) bond motifs is 1. The largest absolute Gasteiger partial charge is 0.322 e. The van der Waals surface area contributed by atoms with Gasteiger partial charge in [0, 0.05) is 17.8 Å². The maximum atomic E-state index is 6.50. The summed E-state index contributed by atoms with van der Waals surface area (Å²) < 4.78 is 2.90. The molecule has 0 spiro atoms. The summed E-state index contributed by atoms with van der Waals surface area (Å²) in [6, 6.07) is 2.26. The van der Waals surface area contributed by atoms with Crippen LogP contribution in [0.25, 0.3) is 0 Å². The summed E-state index contributed by atoms with van der Waals surface area (Å²) in [7, 11) is 1.96. The van der Waals surface area contributed by atoms with Gasteiger partial charge >= 0.3 is 0 Å². The van der Waals surface area contributed by atoms with E-state index >= 15 is 0 Å². The minimum absolute atomic E-state index is 0.0144. The molecule has 3 nitrogen and oxygen atoms in total. The molecular weight excluding hydrogens is 310 g/mol. The van der Waals surface area contributed by atoms with Crippen molar-refractivity contribution in [1.29, 1.82) is 0 Å². The summed E-state index contributed by atoms with van der Waals surface area (Å²) in [5.74, 6) is 0.423. The highest BCUT2D eigenvalue weighted by Gasteiger charge is 2.30. The molecule has 96 valence electrons. The van der Waals surface area contributed by atoms with Gasteiger partial charge in [0.05, 0.1) is 22.4 Å². The zero-order valence-corrected chi connectivity index (χ0v) is 12.7. The van der Waals surface area contributed by atoms with Crippen LogP contribution in [0.5, 0.6) is 0 Å². The second-order valence-corrected chi connectivity index (χ2v) is 6.68. The lowest BCUT2D eigenvalue weighted by Gasteiger charge is -2.28. The molecule has 2 N–H and O–H groups in total. The average molecular weight is 326 g/mol. The third kappa shape index (κ3) is 1.94. The molecule has 2 heterocycles. The van der Waals surface area contributed by atoms with E-state index in [9.17, 15) is 0 Å². The fourth-order valence-corrected chi connectivity index (χ4v) is 4.49. The van der Waals surface area contributed by atoms with Crippen LogP contribution in [0.4, 0.5) is 0 Å². The van der Waals surface area contributed by atoms with E-state index < -0.39 is 0 Å². The van der Waals surface area contributed by atoms with Crippen molar-refractivity contribution in [1.82, 2.24) is 9.78 Å². The van der Waals surface area contributed by atoms with E-state index in [2.05, 4.69) is 32.5 Å². The summed E-state index contributed by atoms with van der Waals surface area (Å²) >= 11 is 5.42. The summed E-state index contributed by atoms with van der Waals surface area (Å²) in [5, 5.41) is 6.46. The fraction of sp³-hybridized carbons (Fsp3) is 0.462. The van der Waals surface area contributed by atoms with Crippen LogP contribution in [0.2, 0.25) is 0 Å². The average Bonchev–Trinajstić information content (AvgIpc) is 2.95. The van der Waals surface area contributed by atoms with Gasteiger partial charge in [-0.15, -0.1) is 11.3 Å². The Morgan fingerprint density at radius 1 is 1.61 bits per heavy atom. The Balaban J connectivity index is 1.98. The second-order valence-electron chi connectivity index (χ2n) is 4.82. The molecule has 5 heteroatoms. The topological polar surface area (TPSA) is 43.8 Å². The molecule has 3 rings (SSSR count). The van der Waals surface area contributed by atoms with Gasteiger partial charge in [-0.1, -0.05) is 0 Å². The number of rotatable bonds is 2. The van der Waals surface area contributed by atoms with E-state index in [0.717, 1.165) is 10.2 Å². The van der Waals surface area contributed by atoms with E-state index in [-0.39, 0.29) is 6.04 Å². The molecule has 1 aliphatic carbocycles. The number of aryl methyl sites for hydroxylation is 2. The first-order valence-corrected chi connectivity index (χ1v) is 7.85. The van der Waals surface area contributed by atoms with Crippen LogP contribution in [0.1, 0.15) is 40.9 Å². The zero-order chi connectivity index (χ0) is 12.7. The number of nitrogens with zero attached hydrogens (tertiary/aromatic N) is 2. The van der Waals surface area contributed by atoms with Crippen molar-refractivity contribution in [3.63, 3.8) is 0 Å². The highest BCUT2D eigenvalue weighted by Crippen LogP contribution is 2.42. The van der Waals surface area contributed by atoms with Crippen molar-refractivity contribution < 1.29 is 0 Å². The summed E-state index contributed by atoms with van der Waals surface area (Å²) in [6.07, 6.45) is 5.44. The second kappa shape index (κ2) is 4.79. The molecule has 0 fully saturated rings. The minimum atomic E-state index is 0.0144. The van der Waals surface area contributed by atoms with Crippen LogP contribution in [-0.2, 0) is 13.5 Å². The van der Waals surface area contributed by atoms with Gasteiger partial charge in [-0.3, -0.25) is 4.68 Å². The molecule has 1 aliphatic rings. The maximum absolute atomic E-state index is 6.50. The van der Waals surface area contributed by atoms with Gasteiger partial charge in [0.25, 0.3) is 0 Å². The zero-order valence-electron chi connectivity index (χ0n) is 10.3. The maximum Gasteiger partial charge on any atom is 0.0696 e. The highest BCUT2D eigenvalue weighted by molar-refractivity contribution is 9.10. The van der Waals surface area contributed by atoms with E-state index in [1.54, 1.807) is 0 Å². The molecule has 0 saturated heterocycles. The van der Waals surface area contributed by atoms with E-state index in [1.165, 1.54) is 29.7 Å². The smallest absolute Gasteiger partial charge is 0.0696 e. The Morgan fingerprint density at radius 3 is 3.17 bits per heavy atom. The molecule has 0 aliphatic heterocycles. The lowest BCUT2D eigenvalue weighted by atomic mass is 9.82. The summed E-state index contributed by atoms with van der Waals surface area (Å²) in [4.78, 5) is 1.51. The normalized spacial score (nSPS) is 20.7. The van der Waals surface area contributed by atoms with Gasteiger partial charge in [-0.25, -0.2) is 0 Å². The summed E-state index contributed by atoms with van der Waals surface area (Å²) in [5.41, 5.74) is 9.05. The van der Waals surface area contributed by atoms with Crippen LogP contribution in [-0.4, -0.2) is 9.78 Å². The molecule has 0 aromatic carbocycles. The van der Waals surface area contributed by atoms with Crippen LogP contribution in [0, 0.1) is 0 Å². The van der Waals surface area contributed by atoms with Gasteiger partial charge in [-0.2, -0.15) is 5.10 Å². The minimum Gasteiger partial charge on any atom is -0.322 e. The van der Waals surface area contributed by atoms with Gasteiger partial charge in [0.2, 0.25) is 0 Å². The molecule has 18 heavy (non-hydrogen) atoms. The molecule has 0 bridgehead atoms. The number of aromatic nitrogens is 2. The predicted octanol–water partition coefficient (Wildman–Crippen LogP) is 3.36. The molecule has 2 aromatic heterocycles. The Hall–Kier alpha value is -0.650. The molecule has 0 saturated carbocycles. The van der Waals surface area contributed by atoms with Crippen molar-refractivity contribution in [3.8, 4) is 0 Å². The van der Waals surface area contributed by atoms with Gasteiger partial charge in [-0.05, 0) is 52.2 Å². The van der Waals surface area contributed by atoms with Crippen molar-refractivity contribution in [2.24, 2.45) is 12.8 Å². The van der Waals surface area contributed by atoms with Crippen LogP contribution in [0.15, 0.2) is 22.1 Å². The monoisotopic (exact) mass is 325 g/mol. The number of thiophene rings is 1. The van der Waals surface area contributed by atoms with Crippen molar-refractivity contribution >= 4 is 27.3 Å². The third-order valence-corrected chi connectivity index (χ3v) is 5.39. The van der Waals surface area contributed by atoms with Crippen LogP contribution >= 0.6 is 27.3 Å². The Morgan fingerprint density at radius 2 is 2.44 bits per heavy atom. The number of nitrogens with two attached hydrogens (primary N) is 1. The van der Waals surface area contributed by atoms with E-state index in [1.807, 2.05) is 29.3 Å². The Labute approximate surface area is 119 Å². The molecule has 2 atom stereocenters. The fourth-order valence-electron chi connectivity index (χ4n) is 2.88. The van der Waals surface area contributed by atoms with Crippen molar-refractivity contribution in [2.45, 2.75) is 31.2 Å². The molecular formula is C13H16BrN3S. The number of hydrogen-bond acceptors (Lipinski definition) is 3. The lowest BCUT2D eigenvalue weighted by molar-refractivity contribution is 0.456. The van der Waals surface area contributed by atoms with Crippen molar-refractivity contribution in [2.75, 3.05) is 0 Å². The molecule has 0 radical (unpaired) electrons. The van der Waals surface area contributed by atoms with E-state index in [4.69, 9.17) is 5.73 Å². The summed E-state index contributed by atoms with van der Waals surface area (Å²) in [6.45, 7) is 0. The third-order valence-electron chi connectivity index (χ3n) is 3.79. The first-order valence-electron chi connectivity index (χ1n) is 6.17. The lowest BCUT2D eigenvalue weighted by Crippen LogP contribution is -2.25.